The number of nitrogens with one attached hydrogen (secondary N) is 3. The van der Waals surface area contributed by atoms with Crippen molar-refractivity contribution >= 4 is 29.1 Å². The van der Waals surface area contributed by atoms with Crippen LogP contribution in [0.5, 0.6) is 5.75 Å². The predicted octanol–water partition coefficient (Wildman–Crippen LogP) is 2.34. The van der Waals surface area contributed by atoms with Gasteiger partial charge in [0, 0.05) is 23.5 Å². The van der Waals surface area contributed by atoms with E-state index in [1.165, 1.54) is 0 Å². The van der Waals surface area contributed by atoms with Crippen LogP contribution in [0.1, 0.15) is 23.7 Å². The molecule has 0 aliphatic rings. The Morgan fingerprint density at radius 3 is 2.03 bits per heavy atom. The molecule has 2 aromatic carbocycles. The average Bonchev–Trinajstić information content (AvgIpc) is 2.73. The van der Waals surface area contributed by atoms with Gasteiger partial charge in [-0.15, -0.1) is 0 Å². The Morgan fingerprint density at radius 2 is 1.43 bits per heavy atom. The maximum Gasteiger partial charge on any atom is 0.255 e. The lowest BCUT2D eigenvalue weighted by Crippen LogP contribution is -2.39. The Morgan fingerprint density at radius 1 is 0.867 bits per heavy atom. The molecule has 0 atom stereocenters. The number of rotatable bonds is 10. The quantitative estimate of drug-likeness (QED) is 0.556. The molecule has 8 nitrogen and oxygen atoms in total. The van der Waals surface area contributed by atoms with Crippen LogP contribution in [-0.2, 0) is 9.59 Å². The fraction of sp³-hybridized carbons (Fsp3) is 0.318. The normalized spacial score (nSPS) is 10.4. The molecule has 2 rings (SSSR count). The SMILES string of the molecule is CCCNC(=O)CN(C)CC(=O)Nc1ccc(C(=O)Nc2ccc(OC)cc2)cc1. The fourth-order valence-electron chi connectivity index (χ4n) is 2.65. The van der Waals surface area contributed by atoms with Crippen LogP contribution in [-0.4, -0.2) is 56.4 Å². The van der Waals surface area contributed by atoms with Crippen molar-refractivity contribution in [2.24, 2.45) is 0 Å². The minimum Gasteiger partial charge on any atom is -0.497 e. The molecule has 0 saturated carbocycles. The van der Waals surface area contributed by atoms with E-state index in [2.05, 4.69) is 16.0 Å². The monoisotopic (exact) mass is 412 g/mol. The molecule has 2 aromatic rings. The average molecular weight is 412 g/mol. The molecule has 8 heteroatoms. The van der Waals surface area contributed by atoms with Crippen LogP contribution in [0.3, 0.4) is 0 Å². The molecule has 3 amide bonds. The van der Waals surface area contributed by atoms with Crippen molar-refractivity contribution in [3.63, 3.8) is 0 Å². The second-order valence-corrected chi connectivity index (χ2v) is 6.83. The summed E-state index contributed by atoms with van der Waals surface area (Å²) in [4.78, 5) is 37.8. The number of methoxy groups -OCH3 is 1. The Kier molecular flexibility index (Phi) is 8.83. The van der Waals surface area contributed by atoms with E-state index in [0.717, 1.165) is 6.42 Å². The summed E-state index contributed by atoms with van der Waals surface area (Å²) in [7, 11) is 3.29. The molecule has 0 radical (unpaired) electrons. The fourth-order valence-corrected chi connectivity index (χ4v) is 2.65. The molecular weight excluding hydrogens is 384 g/mol. The van der Waals surface area contributed by atoms with Crippen LogP contribution in [0.4, 0.5) is 11.4 Å². The summed E-state index contributed by atoms with van der Waals surface area (Å²) in [5, 5.41) is 8.33. The number of benzene rings is 2. The van der Waals surface area contributed by atoms with Gasteiger partial charge in [0.05, 0.1) is 20.2 Å². The summed E-state index contributed by atoms with van der Waals surface area (Å²) < 4.78 is 5.09. The van der Waals surface area contributed by atoms with E-state index in [0.29, 0.717) is 29.2 Å². The van der Waals surface area contributed by atoms with Gasteiger partial charge in [-0.3, -0.25) is 19.3 Å². The first-order valence-corrected chi connectivity index (χ1v) is 9.71. The molecule has 30 heavy (non-hydrogen) atoms. The third kappa shape index (κ3) is 7.56. The number of hydrogen-bond acceptors (Lipinski definition) is 5. The van der Waals surface area contributed by atoms with Crippen molar-refractivity contribution in [2.45, 2.75) is 13.3 Å². The molecule has 0 bridgehead atoms. The Hall–Kier alpha value is -3.39. The largest absolute Gasteiger partial charge is 0.497 e. The molecule has 0 aliphatic carbocycles. The van der Waals surface area contributed by atoms with E-state index in [4.69, 9.17) is 4.74 Å². The molecule has 3 N–H and O–H groups in total. The van der Waals surface area contributed by atoms with Gasteiger partial charge in [-0.25, -0.2) is 0 Å². The molecule has 0 aliphatic heterocycles. The van der Waals surface area contributed by atoms with Gasteiger partial charge in [-0.2, -0.15) is 0 Å². The van der Waals surface area contributed by atoms with E-state index in [1.807, 2.05) is 6.92 Å². The van der Waals surface area contributed by atoms with Crippen LogP contribution >= 0.6 is 0 Å². The summed E-state index contributed by atoms with van der Waals surface area (Å²) in [6.45, 7) is 2.83. The molecular formula is C22H28N4O4. The van der Waals surface area contributed by atoms with Gasteiger partial charge >= 0.3 is 0 Å². The van der Waals surface area contributed by atoms with Crippen molar-refractivity contribution in [2.75, 3.05) is 44.4 Å². The highest BCUT2D eigenvalue weighted by Crippen LogP contribution is 2.16. The zero-order valence-electron chi connectivity index (χ0n) is 17.5. The minimum absolute atomic E-state index is 0.0826. The number of anilines is 2. The number of likely N-dealkylation sites (N-methyl/N-ethyl adjacent to an activating group) is 1. The first-order chi connectivity index (χ1) is 14.4. The van der Waals surface area contributed by atoms with Crippen molar-refractivity contribution in [1.29, 1.82) is 0 Å². The lowest BCUT2D eigenvalue weighted by molar-refractivity contribution is -0.122. The van der Waals surface area contributed by atoms with Gasteiger partial charge in [0.25, 0.3) is 5.91 Å². The van der Waals surface area contributed by atoms with E-state index in [9.17, 15) is 14.4 Å². The number of amides is 3. The number of nitrogens with zero attached hydrogens (tertiary/aromatic N) is 1. The third-order valence-corrected chi connectivity index (χ3v) is 4.18. The highest BCUT2D eigenvalue weighted by Gasteiger charge is 2.11. The molecule has 0 aromatic heterocycles. The molecule has 0 fully saturated rings. The molecule has 0 heterocycles. The number of carbonyl (C=O) groups excluding carboxylic acids is 3. The first kappa shape index (κ1) is 22.9. The van der Waals surface area contributed by atoms with Crippen LogP contribution < -0.4 is 20.7 Å². The van der Waals surface area contributed by atoms with Crippen molar-refractivity contribution < 1.29 is 19.1 Å². The van der Waals surface area contributed by atoms with E-state index in [-0.39, 0.29) is 30.8 Å². The maximum absolute atomic E-state index is 12.4. The van der Waals surface area contributed by atoms with Gasteiger partial charge in [0.2, 0.25) is 11.8 Å². The molecule has 0 unspecified atom stereocenters. The molecule has 0 spiro atoms. The molecule has 0 saturated heterocycles. The number of carbonyl (C=O) groups is 3. The summed E-state index contributed by atoms with van der Waals surface area (Å²) in [6, 6.07) is 13.6. The van der Waals surface area contributed by atoms with Crippen molar-refractivity contribution in [3.05, 3.63) is 54.1 Å². The van der Waals surface area contributed by atoms with E-state index >= 15 is 0 Å². The zero-order chi connectivity index (χ0) is 21.9. The van der Waals surface area contributed by atoms with Crippen molar-refractivity contribution in [3.8, 4) is 5.75 Å². The maximum atomic E-state index is 12.4. The first-order valence-electron chi connectivity index (χ1n) is 9.71. The van der Waals surface area contributed by atoms with Gasteiger partial charge in [-0.05, 0) is 62.0 Å². The summed E-state index contributed by atoms with van der Waals surface area (Å²) in [6.07, 6.45) is 0.865. The van der Waals surface area contributed by atoms with E-state index < -0.39 is 0 Å². The second-order valence-electron chi connectivity index (χ2n) is 6.83. The topological polar surface area (TPSA) is 99.8 Å². The lowest BCUT2D eigenvalue weighted by atomic mass is 10.2. The van der Waals surface area contributed by atoms with Crippen LogP contribution in [0.2, 0.25) is 0 Å². The van der Waals surface area contributed by atoms with E-state index in [1.54, 1.807) is 67.6 Å². The smallest absolute Gasteiger partial charge is 0.255 e. The van der Waals surface area contributed by atoms with Crippen LogP contribution in [0.15, 0.2) is 48.5 Å². The van der Waals surface area contributed by atoms with Gasteiger partial charge in [0.15, 0.2) is 0 Å². The summed E-state index contributed by atoms with van der Waals surface area (Å²) in [5.41, 5.74) is 1.70. The summed E-state index contributed by atoms with van der Waals surface area (Å²) in [5.74, 6) is 0.104. The van der Waals surface area contributed by atoms with Crippen LogP contribution in [0.25, 0.3) is 0 Å². The van der Waals surface area contributed by atoms with Gasteiger partial charge in [-0.1, -0.05) is 6.92 Å². The molecule has 160 valence electrons. The third-order valence-electron chi connectivity index (χ3n) is 4.18. The summed E-state index contributed by atoms with van der Waals surface area (Å²) >= 11 is 0. The van der Waals surface area contributed by atoms with Gasteiger partial charge in [0.1, 0.15) is 5.75 Å². The Balaban J connectivity index is 1.83. The standard InChI is InChI=1S/C22H28N4O4/c1-4-13-23-20(27)14-26(2)15-21(28)24-17-7-5-16(6-8-17)22(29)25-18-9-11-19(30-3)12-10-18/h5-12H,4,13-15H2,1-3H3,(H,23,27)(H,24,28)(H,25,29). The van der Waals surface area contributed by atoms with Gasteiger partial charge < -0.3 is 20.7 Å². The highest BCUT2D eigenvalue weighted by atomic mass is 16.5. The zero-order valence-corrected chi connectivity index (χ0v) is 17.5. The predicted molar refractivity (Wildman–Crippen MR) is 117 cm³/mol. The minimum atomic E-state index is -0.254. The number of hydrogen-bond donors (Lipinski definition) is 3. The van der Waals surface area contributed by atoms with Crippen molar-refractivity contribution in [1.82, 2.24) is 10.2 Å². The highest BCUT2D eigenvalue weighted by molar-refractivity contribution is 6.04. The number of ether oxygens (including phenoxy) is 1. The van der Waals surface area contributed by atoms with Crippen LogP contribution in [0, 0.1) is 0 Å². The lowest BCUT2D eigenvalue weighted by Gasteiger charge is -2.16. The Labute approximate surface area is 176 Å². The second kappa shape index (κ2) is 11.6. The Bertz CT molecular complexity index is 850.